The Kier molecular flexibility index (Phi) is 4.31. The molecule has 0 bridgehead atoms. The molecule has 23 heavy (non-hydrogen) atoms. The Balaban J connectivity index is 1.96. The minimum absolute atomic E-state index is 0.0325. The number of hydrogen-bond donors (Lipinski definition) is 0. The van der Waals surface area contributed by atoms with Gasteiger partial charge in [-0.05, 0) is 25.8 Å². The number of para-hydroxylation sites is 1. The van der Waals surface area contributed by atoms with Crippen LogP contribution in [0.2, 0.25) is 5.02 Å². The highest BCUT2D eigenvalue weighted by Gasteiger charge is 2.36. The van der Waals surface area contributed by atoms with E-state index < -0.39 is 0 Å². The minimum Gasteiger partial charge on any atom is -0.465 e. The molecule has 1 aliphatic rings. The van der Waals surface area contributed by atoms with Gasteiger partial charge in [0.2, 0.25) is 0 Å². The van der Waals surface area contributed by atoms with E-state index in [-0.39, 0.29) is 24.5 Å². The first-order valence-corrected chi connectivity index (χ1v) is 8.11. The molecule has 0 aliphatic heterocycles. The molecular weight excluding hydrogens is 316 g/mol. The maximum absolute atomic E-state index is 13.0. The van der Waals surface area contributed by atoms with Gasteiger partial charge in [-0.25, -0.2) is 0 Å². The van der Waals surface area contributed by atoms with Gasteiger partial charge in [-0.3, -0.25) is 9.59 Å². The van der Waals surface area contributed by atoms with Crippen molar-refractivity contribution in [2.75, 3.05) is 13.2 Å². The van der Waals surface area contributed by atoms with Gasteiger partial charge in [-0.2, -0.15) is 0 Å². The van der Waals surface area contributed by atoms with Crippen LogP contribution in [-0.4, -0.2) is 40.5 Å². The van der Waals surface area contributed by atoms with Crippen LogP contribution >= 0.6 is 11.6 Å². The summed E-state index contributed by atoms with van der Waals surface area (Å²) in [7, 11) is 1.82. The second-order valence-corrected chi connectivity index (χ2v) is 6.09. The predicted molar refractivity (Wildman–Crippen MR) is 88.6 cm³/mol. The summed E-state index contributed by atoms with van der Waals surface area (Å²) in [6.07, 6.45) is 1.82. The zero-order valence-electron chi connectivity index (χ0n) is 13.2. The van der Waals surface area contributed by atoms with Gasteiger partial charge in [0.05, 0.1) is 11.6 Å². The first-order valence-electron chi connectivity index (χ1n) is 7.74. The molecular formula is C17H19ClN2O3. The number of benzene rings is 1. The zero-order valence-corrected chi connectivity index (χ0v) is 14.0. The van der Waals surface area contributed by atoms with Crippen molar-refractivity contribution in [1.29, 1.82) is 0 Å². The van der Waals surface area contributed by atoms with Crippen LogP contribution in [0.3, 0.4) is 0 Å². The van der Waals surface area contributed by atoms with Gasteiger partial charge < -0.3 is 14.2 Å². The lowest BCUT2D eigenvalue weighted by Crippen LogP contribution is -2.39. The summed E-state index contributed by atoms with van der Waals surface area (Å²) in [5, 5.41) is 1.27. The molecule has 2 aromatic rings. The Hall–Kier alpha value is -2.01. The lowest BCUT2D eigenvalue weighted by Gasteiger charge is -2.21. The summed E-state index contributed by atoms with van der Waals surface area (Å²) in [4.78, 5) is 26.4. The van der Waals surface area contributed by atoms with Crippen LogP contribution in [0.1, 0.15) is 30.3 Å². The highest BCUT2D eigenvalue weighted by atomic mass is 35.5. The number of ether oxygens (including phenoxy) is 1. The molecule has 1 aromatic heterocycles. The Morgan fingerprint density at radius 1 is 1.35 bits per heavy atom. The first kappa shape index (κ1) is 15.9. The summed E-state index contributed by atoms with van der Waals surface area (Å²) in [5.74, 6) is -0.605. The van der Waals surface area contributed by atoms with E-state index in [1.54, 1.807) is 16.4 Å². The molecule has 6 heteroatoms. The monoisotopic (exact) mass is 334 g/mol. The smallest absolute Gasteiger partial charge is 0.325 e. The van der Waals surface area contributed by atoms with E-state index in [1.165, 1.54) is 0 Å². The zero-order chi connectivity index (χ0) is 16.6. The van der Waals surface area contributed by atoms with Crippen molar-refractivity contribution >= 4 is 34.4 Å². The molecule has 5 nitrogen and oxygen atoms in total. The third-order valence-electron chi connectivity index (χ3n) is 4.10. The molecule has 1 aliphatic carbocycles. The van der Waals surface area contributed by atoms with E-state index in [4.69, 9.17) is 16.3 Å². The molecule has 0 radical (unpaired) electrons. The van der Waals surface area contributed by atoms with Crippen LogP contribution in [0.25, 0.3) is 10.9 Å². The standard InChI is InChI=1S/C17H19ClN2O3/c1-3-23-14(21)10-20(11-8-9-11)17(22)16-15(18)12-6-4-5-7-13(12)19(16)2/h4-7,11H,3,8-10H2,1-2H3. The summed E-state index contributed by atoms with van der Waals surface area (Å²) in [5.41, 5.74) is 1.32. The maximum Gasteiger partial charge on any atom is 0.325 e. The van der Waals surface area contributed by atoms with Gasteiger partial charge in [0, 0.05) is 24.0 Å². The molecule has 1 fully saturated rings. The third kappa shape index (κ3) is 2.93. The average molecular weight is 335 g/mol. The van der Waals surface area contributed by atoms with E-state index in [1.807, 2.05) is 31.3 Å². The Labute approximate surface area is 139 Å². The van der Waals surface area contributed by atoms with Gasteiger partial charge >= 0.3 is 5.97 Å². The number of halogens is 1. The third-order valence-corrected chi connectivity index (χ3v) is 4.48. The molecule has 1 saturated carbocycles. The normalized spacial score (nSPS) is 14.0. The Bertz CT molecular complexity index is 726. The fourth-order valence-corrected chi connectivity index (χ4v) is 3.19. The molecule has 0 atom stereocenters. The number of rotatable bonds is 5. The number of carbonyl (C=O) groups excluding carboxylic acids is 2. The summed E-state index contributed by atoms with van der Waals surface area (Å²) in [6.45, 7) is 2.03. The minimum atomic E-state index is -0.386. The lowest BCUT2D eigenvalue weighted by molar-refractivity contribution is -0.144. The largest absolute Gasteiger partial charge is 0.465 e. The highest BCUT2D eigenvalue weighted by Crippen LogP contribution is 2.34. The van der Waals surface area contributed by atoms with Crippen molar-refractivity contribution in [2.45, 2.75) is 25.8 Å². The van der Waals surface area contributed by atoms with Crippen molar-refractivity contribution in [1.82, 2.24) is 9.47 Å². The predicted octanol–water partition coefficient (Wildman–Crippen LogP) is 3.00. The molecule has 0 unspecified atom stereocenters. The molecule has 1 heterocycles. The number of amides is 1. The summed E-state index contributed by atoms with van der Waals surface area (Å²) >= 11 is 6.44. The van der Waals surface area contributed by atoms with E-state index in [0.717, 1.165) is 23.7 Å². The van der Waals surface area contributed by atoms with Gasteiger partial charge in [0.15, 0.2) is 0 Å². The van der Waals surface area contributed by atoms with Crippen LogP contribution in [0.5, 0.6) is 0 Å². The van der Waals surface area contributed by atoms with Crippen molar-refractivity contribution in [3.05, 3.63) is 35.0 Å². The second kappa shape index (κ2) is 6.24. The maximum atomic E-state index is 13.0. The molecule has 1 amide bonds. The number of aryl methyl sites for hydroxylation is 1. The van der Waals surface area contributed by atoms with E-state index in [0.29, 0.717) is 17.3 Å². The van der Waals surface area contributed by atoms with Gasteiger partial charge in [0.25, 0.3) is 5.91 Å². The number of hydrogen-bond acceptors (Lipinski definition) is 3. The van der Waals surface area contributed by atoms with Crippen molar-refractivity contribution in [3.63, 3.8) is 0 Å². The van der Waals surface area contributed by atoms with Crippen LogP contribution in [-0.2, 0) is 16.6 Å². The van der Waals surface area contributed by atoms with Gasteiger partial charge in [-0.15, -0.1) is 0 Å². The molecule has 0 spiro atoms. The summed E-state index contributed by atoms with van der Waals surface area (Å²) in [6, 6.07) is 7.71. The fourth-order valence-electron chi connectivity index (χ4n) is 2.82. The van der Waals surface area contributed by atoms with Gasteiger partial charge in [0.1, 0.15) is 12.2 Å². The fraction of sp³-hybridized carbons (Fsp3) is 0.412. The van der Waals surface area contributed by atoms with Crippen molar-refractivity contribution < 1.29 is 14.3 Å². The summed E-state index contributed by atoms with van der Waals surface area (Å²) < 4.78 is 6.78. The van der Waals surface area contributed by atoms with Gasteiger partial charge in [-0.1, -0.05) is 29.8 Å². The van der Waals surface area contributed by atoms with Crippen LogP contribution in [0, 0.1) is 0 Å². The van der Waals surface area contributed by atoms with Crippen molar-refractivity contribution in [2.24, 2.45) is 7.05 Å². The topological polar surface area (TPSA) is 51.5 Å². The van der Waals surface area contributed by atoms with E-state index in [9.17, 15) is 9.59 Å². The molecule has 3 rings (SSSR count). The second-order valence-electron chi connectivity index (χ2n) is 5.71. The molecule has 0 N–H and O–H groups in total. The number of esters is 1. The number of carbonyl (C=O) groups is 2. The molecule has 122 valence electrons. The number of aromatic nitrogens is 1. The van der Waals surface area contributed by atoms with Crippen molar-refractivity contribution in [3.8, 4) is 0 Å². The van der Waals surface area contributed by atoms with Crippen LogP contribution < -0.4 is 0 Å². The SMILES string of the molecule is CCOC(=O)CN(C(=O)c1c(Cl)c2ccccc2n1C)C1CC1. The van der Waals surface area contributed by atoms with Crippen LogP contribution in [0.15, 0.2) is 24.3 Å². The van der Waals surface area contributed by atoms with E-state index in [2.05, 4.69) is 0 Å². The Morgan fingerprint density at radius 2 is 2.04 bits per heavy atom. The highest BCUT2D eigenvalue weighted by molar-refractivity contribution is 6.38. The number of fused-ring (bicyclic) bond motifs is 1. The number of nitrogens with zero attached hydrogens (tertiary/aromatic N) is 2. The first-order chi connectivity index (χ1) is 11.0. The van der Waals surface area contributed by atoms with E-state index >= 15 is 0 Å². The molecule has 0 saturated heterocycles. The lowest BCUT2D eigenvalue weighted by atomic mass is 10.2. The molecule has 1 aromatic carbocycles. The Morgan fingerprint density at radius 3 is 2.65 bits per heavy atom. The van der Waals surface area contributed by atoms with Crippen LogP contribution in [0.4, 0.5) is 0 Å². The quantitative estimate of drug-likeness (QED) is 0.790. The average Bonchev–Trinajstić information content (AvgIpc) is 3.34.